The van der Waals surface area contributed by atoms with E-state index in [-0.39, 0.29) is 11.8 Å². The number of aliphatic imine (C=N–C) groups is 2. The molecule has 43 heavy (non-hydrogen) atoms. The molecule has 0 aromatic heterocycles. The minimum atomic E-state index is -0.183. The van der Waals surface area contributed by atoms with E-state index in [2.05, 4.69) is 0 Å². The molecule has 0 aliphatic carbocycles. The fourth-order valence-electron chi connectivity index (χ4n) is 5.49. The zero-order chi connectivity index (χ0) is 29.3. The number of hydrogen-bond acceptors (Lipinski definition) is 4. The minimum Gasteiger partial charge on any atom is -0.302 e. The van der Waals surface area contributed by atoms with Crippen molar-refractivity contribution in [2.24, 2.45) is 9.98 Å². The molecule has 0 radical (unpaired) electrons. The lowest BCUT2D eigenvalue weighted by Crippen LogP contribution is -2.29. The van der Waals surface area contributed by atoms with Crippen LogP contribution in [-0.2, 0) is 22.7 Å². The molecular formula is C36H25ClN4O2. The van der Waals surface area contributed by atoms with Crippen LogP contribution in [0.5, 0.6) is 0 Å². The average Bonchev–Trinajstić information content (AvgIpc) is 3.45. The molecule has 0 spiro atoms. The summed E-state index contributed by atoms with van der Waals surface area (Å²) >= 11 is 6.71. The molecule has 2 amide bonds. The van der Waals surface area contributed by atoms with Gasteiger partial charge in [0.15, 0.2) is 0 Å². The van der Waals surface area contributed by atoms with Crippen LogP contribution < -0.4 is 9.80 Å². The van der Waals surface area contributed by atoms with Gasteiger partial charge in [-0.05, 0) is 41.5 Å². The van der Waals surface area contributed by atoms with Crippen molar-refractivity contribution in [3.05, 3.63) is 155 Å². The molecular weight excluding hydrogens is 556 g/mol. The zero-order valence-electron chi connectivity index (χ0n) is 23.0. The molecule has 2 aliphatic rings. The summed E-state index contributed by atoms with van der Waals surface area (Å²) in [4.78, 5) is 40.1. The first kappa shape index (κ1) is 26.6. The Morgan fingerprint density at radius 3 is 1.51 bits per heavy atom. The molecule has 2 heterocycles. The Bertz CT molecular complexity index is 1940. The molecule has 208 valence electrons. The van der Waals surface area contributed by atoms with Crippen LogP contribution in [0.2, 0.25) is 5.02 Å². The van der Waals surface area contributed by atoms with E-state index < -0.39 is 0 Å². The van der Waals surface area contributed by atoms with E-state index >= 15 is 0 Å². The highest BCUT2D eigenvalue weighted by Crippen LogP contribution is 2.37. The Morgan fingerprint density at radius 2 is 1.00 bits per heavy atom. The van der Waals surface area contributed by atoms with Crippen molar-refractivity contribution in [1.82, 2.24) is 0 Å². The number of anilines is 2. The monoisotopic (exact) mass is 580 g/mol. The summed E-state index contributed by atoms with van der Waals surface area (Å²) in [5, 5.41) is 0.334. The molecule has 0 N–H and O–H groups in total. The smallest absolute Gasteiger partial charge is 0.277 e. The molecule has 7 heteroatoms. The highest BCUT2D eigenvalue weighted by molar-refractivity contribution is 6.55. The van der Waals surface area contributed by atoms with E-state index in [1.807, 2.05) is 109 Å². The second-order valence-corrected chi connectivity index (χ2v) is 10.8. The van der Waals surface area contributed by atoms with Gasteiger partial charge in [-0.15, -0.1) is 0 Å². The fraction of sp³-hybridized carbons (Fsp3) is 0.0556. The van der Waals surface area contributed by atoms with E-state index in [0.29, 0.717) is 40.9 Å². The zero-order valence-corrected chi connectivity index (χ0v) is 23.8. The van der Waals surface area contributed by atoms with E-state index in [0.717, 1.165) is 33.6 Å². The maximum atomic E-state index is 13.6. The largest absolute Gasteiger partial charge is 0.302 e. The van der Waals surface area contributed by atoms with Crippen molar-refractivity contribution in [1.29, 1.82) is 0 Å². The van der Waals surface area contributed by atoms with Gasteiger partial charge in [0.25, 0.3) is 11.8 Å². The van der Waals surface area contributed by atoms with Gasteiger partial charge in [0.2, 0.25) is 0 Å². The Labute approximate surface area is 254 Å². The summed E-state index contributed by atoms with van der Waals surface area (Å²) < 4.78 is 0. The van der Waals surface area contributed by atoms with Crippen molar-refractivity contribution in [3.63, 3.8) is 0 Å². The van der Waals surface area contributed by atoms with Crippen molar-refractivity contribution in [3.8, 4) is 0 Å². The first-order valence-corrected chi connectivity index (χ1v) is 14.3. The van der Waals surface area contributed by atoms with Crippen molar-refractivity contribution < 1.29 is 9.59 Å². The molecule has 0 unspecified atom stereocenters. The quantitative estimate of drug-likeness (QED) is 0.207. The van der Waals surface area contributed by atoms with Gasteiger partial charge in [-0.3, -0.25) is 9.59 Å². The Morgan fingerprint density at radius 1 is 0.535 bits per heavy atom. The molecule has 5 aromatic carbocycles. The molecule has 0 saturated carbocycles. The Balaban J connectivity index is 1.19. The normalized spacial score (nSPS) is 15.8. The van der Waals surface area contributed by atoms with Gasteiger partial charge < -0.3 is 9.80 Å². The van der Waals surface area contributed by atoms with Crippen LogP contribution in [0, 0.1) is 0 Å². The Hall–Kier alpha value is -5.33. The molecule has 6 nitrogen and oxygen atoms in total. The predicted molar refractivity (Wildman–Crippen MR) is 172 cm³/mol. The van der Waals surface area contributed by atoms with Crippen LogP contribution in [0.4, 0.5) is 22.7 Å². The third-order valence-corrected chi connectivity index (χ3v) is 7.87. The second-order valence-electron chi connectivity index (χ2n) is 10.3. The first-order valence-electron chi connectivity index (χ1n) is 13.9. The second kappa shape index (κ2) is 11.2. The van der Waals surface area contributed by atoms with Crippen LogP contribution in [0.1, 0.15) is 22.3 Å². The third kappa shape index (κ3) is 5.02. The van der Waals surface area contributed by atoms with Crippen LogP contribution in [0.3, 0.4) is 0 Å². The van der Waals surface area contributed by atoms with Gasteiger partial charge >= 0.3 is 0 Å². The van der Waals surface area contributed by atoms with Crippen molar-refractivity contribution >= 4 is 57.6 Å². The topological polar surface area (TPSA) is 65.3 Å². The molecule has 0 saturated heterocycles. The van der Waals surface area contributed by atoms with Crippen LogP contribution in [0.15, 0.2) is 137 Å². The third-order valence-electron chi connectivity index (χ3n) is 7.57. The molecule has 7 rings (SSSR count). The van der Waals surface area contributed by atoms with Crippen molar-refractivity contribution in [2.45, 2.75) is 13.1 Å². The number of amides is 2. The maximum Gasteiger partial charge on any atom is 0.277 e. The molecule has 5 aromatic rings. The highest BCUT2D eigenvalue weighted by atomic mass is 35.5. The summed E-state index contributed by atoms with van der Waals surface area (Å²) in [6.07, 6.45) is 0. The van der Waals surface area contributed by atoms with E-state index in [1.165, 1.54) is 0 Å². The number of hydrogen-bond donors (Lipinski definition) is 0. The number of halogens is 1. The first-order chi connectivity index (χ1) is 21.1. The van der Waals surface area contributed by atoms with E-state index in [9.17, 15) is 9.59 Å². The van der Waals surface area contributed by atoms with Gasteiger partial charge in [0.1, 0.15) is 11.4 Å². The summed E-state index contributed by atoms with van der Waals surface area (Å²) in [5.41, 5.74) is 6.90. The minimum absolute atomic E-state index is 0.169. The lowest BCUT2D eigenvalue weighted by molar-refractivity contribution is -0.113. The summed E-state index contributed by atoms with van der Waals surface area (Å²) in [6, 6.07) is 40.2. The number of para-hydroxylation sites is 2. The van der Waals surface area contributed by atoms with Gasteiger partial charge in [-0.1, -0.05) is 109 Å². The van der Waals surface area contributed by atoms with Crippen LogP contribution in [-0.4, -0.2) is 23.2 Å². The van der Waals surface area contributed by atoms with Crippen LogP contribution in [0.25, 0.3) is 0 Å². The maximum absolute atomic E-state index is 13.6. The lowest BCUT2D eigenvalue weighted by atomic mass is 10.1. The number of nitrogens with zero attached hydrogens (tertiary/aromatic N) is 4. The highest BCUT2D eigenvalue weighted by Gasteiger charge is 2.35. The number of carbonyl (C=O) groups excluding carboxylic acids is 2. The van der Waals surface area contributed by atoms with E-state index in [4.69, 9.17) is 21.6 Å². The number of fused-ring (bicyclic) bond motifs is 2. The number of rotatable bonds is 6. The van der Waals surface area contributed by atoms with Gasteiger partial charge in [-0.25, -0.2) is 9.98 Å². The fourth-order valence-corrected chi connectivity index (χ4v) is 5.71. The molecule has 2 aliphatic heterocycles. The standard InChI is InChI=1S/C36H25ClN4O2/c37-29-21-26(38-33-27-15-7-9-17-31(27)40(35(33)42)22-24-11-3-1-4-12-24)19-20-30(29)39-34-28-16-8-10-18-32(28)41(36(34)43)23-25-13-5-2-6-14-25/h1-21H,22-23H2. The molecule has 0 fully saturated rings. The van der Waals surface area contributed by atoms with E-state index in [1.54, 1.807) is 28.0 Å². The predicted octanol–water partition coefficient (Wildman–Crippen LogP) is 7.68. The average molecular weight is 581 g/mol. The van der Waals surface area contributed by atoms with Crippen LogP contribution >= 0.6 is 11.6 Å². The summed E-state index contributed by atoms with van der Waals surface area (Å²) in [7, 11) is 0. The molecule has 0 bridgehead atoms. The number of carbonyl (C=O) groups is 2. The van der Waals surface area contributed by atoms with Crippen molar-refractivity contribution in [2.75, 3.05) is 9.80 Å². The van der Waals surface area contributed by atoms with Gasteiger partial charge in [0.05, 0.1) is 40.9 Å². The van der Waals surface area contributed by atoms with Gasteiger partial charge in [0, 0.05) is 11.1 Å². The molecule has 0 atom stereocenters. The lowest BCUT2D eigenvalue weighted by Gasteiger charge is -2.16. The Kier molecular flexibility index (Phi) is 6.89. The number of benzene rings is 5. The summed E-state index contributed by atoms with van der Waals surface area (Å²) in [6.45, 7) is 0.889. The summed E-state index contributed by atoms with van der Waals surface area (Å²) in [5.74, 6) is -0.353. The SMILES string of the molecule is O=C1C(=Nc2ccc(N=C3C(=O)N(Cc4ccccc4)c4ccccc43)c(Cl)c2)c2ccccc2N1Cc1ccccc1. The van der Waals surface area contributed by atoms with Gasteiger partial charge in [-0.2, -0.15) is 0 Å².